The largest absolute Gasteiger partial charge is 0.387 e. The van der Waals surface area contributed by atoms with Crippen LogP contribution in [0.15, 0.2) is 48.5 Å². The summed E-state index contributed by atoms with van der Waals surface area (Å²) < 4.78 is 0. The zero-order chi connectivity index (χ0) is 16.8. The predicted molar refractivity (Wildman–Crippen MR) is 89.8 cm³/mol. The highest BCUT2D eigenvalue weighted by Crippen LogP contribution is 2.35. The van der Waals surface area contributed by atoms with E-state index in [-0.39, 0.29) is 0 Å². The molecule has 118 valence electrons. The number of hydrogen-bond donors (Lipinski definition) is 3. The van der Waals surface area contributed by atoms with Gasteiger partial charge in [0.15, 0.2) is 0 Å². The number of urea groups is 1. The van der Waals surface area contributed by atoms with Crippen molar-refractivity contribution < 1.29 is 14.7 Å². The minimum Gasteiger partial charge on any atom is -0.387 e. The lowest BCUT2D eigenvalue weighted by atomic mass is 10.1. The predicted octanol–water partition coefficient (Wildman–Crippen LogP) is 1.85. The van der Waals surface area contributed by atoms with Crippen LogP contribution in [0.5, 0.6) is 0 Å². The molecule has 0 radical (unpaired) electrons. The van der Waals surface area contributed by atoms with Gasteiger partial charge in [0.05, 0.1) is 11.4 Å². The first-order valence-electron chi connectivity index (χ1n) is 6.89. The quantitative estimate of drug-likeness (QED) is 0.747. The Bertz CT molecular complexity index is 707. The number of para-hydroxylation sites is 2. The summed E-state index contributed by atoms with van der Waals surface area (Å²) in [4.78, 5) is 22.6. The highest BCUT2D eigenvalue weighted by Gasteiger charge is 2.21. The van der Waals surface area contributed by atoms with E-state index in [9.17, 15) is 9.59 Å². The van der Waals surface area contributed by atoms with Crippen LogP contribution < -0.4 is 16.4 Å². The lowest BCUT2D eigenvalue weighted by molar-refractivity contribution is -0.120. The summed E-state index contributed by atoms with van der Waals surface area (Å²) in [7, 11) is 0. The fourth-order valence-electron chi connectivity index (χ4n) is 2.21. The summed E-state index contributed by atoms with van der Waals surface area (Å²) >= 11 is 0. The number of nitrogens with two attached hydrogens (primary N) is 2. The van der Waals surface area contributed by atoms with Crippen molar-refractivity contribution >= 4 is 35.5 Å². The van der Waals surface area contributed by atoms with Gasteiger partial charge in [-0.1, -0.05) is 48.6 Å². The number of carbonyl (C=O) groups excluding carboxylic acids is 2. The van der Waals surface area contributed by atoms with E-state index in [1.54, 1.807) is 4.90 Å². The van der Waals surface area contributed by atoms with Gasteiger partial charge in [-0.15, -0.1) is 0 Å². The Morgan fingerprint density at radius 2 is 1.26 bits per heavy atom. The van der Waals surface area contributed by atoms with Gasteiger partial charge in [-0.05, 0) is 23.3 Å². The van der Waals surface area contributed by atoms with Crippen LogP contribution in [0, 0.1) is 0 Å². The molecule has 3 amide bonds. The average Bonchev–Trinajstić information content (AvgIpc) is 2.72. The molecule has 1 aliphatic rings. The molecule has 0 saturated heterocycles. The van der Waals surface area contributed by atoms with Gasteiger partial charge in [0.25, 0.3) is 0 Å². The third-order valence-corrected chi connectivity index (χ3v) is 3.17. The lowest BCUT2D eigenvalue weighted by Gasteiger charge is -2.22. The van der Waals surface area contributed by atoms with Crippen molar-refractivity contribution in [1.82, 2.24) is 0 Å². The fourth-order valence-corrected chi connectivity index (χ4v) is 2.21. The highest BCUT2D eigenvalue weighted by atomic mass is 16.3. The minimum absolute atomic E-state index is 0.474. The Hall–Kier alpha value is -3.12. The van der Waals surface area contributed by atoms with Crippen LogP contribution in [-0.2, 0) is 4.79 Å². The molecule has 3 rings (SSSR count). The summed E-state index contributed by atoms with van der Waals surface area (Å²) in [6.07, 6.45) is 3.99. The Morgan fingerprint density at radius 3 is 1.61 bits per heavy atom. The molecule has 1 heterocycles. The van der Waals surface area contributed by atoms with Gasteiger partial charge < -0.3 is 16.6 Å². The van der Waals surface area contributed by atoms with Crippen molar-refractivity contribution in [2.45, 2.75) is 0 Å². The molecule has 23 heavy (non-hydrogen) atoms. The van der Waals surface area contributed by atoms with Crippen LogP contribution in [0.4, 0.5) is 16.2 Å². The van der Waals surface area contributed by atoms with Crippen LogP contribution in [0.25, 0.3) is 12.2 Å². The van der Waals surface area contributed by atoms with Crippen LogP contribution in [-0.4, -0.2) is 23.7 Å². The molecule has 2 aromatic rings. The van der Waals surface area contributed by atoms with Gasteiger partial charge in [-0.2, -0.15) is 0 Å². The number of rotatable bonds is 1. The molecule has 0 fully saturated rings. The Kier molecular flexibility index (Phi) is 5.11. The molecule has 6 heteroatoms. The number of amides is 3. The SMILES string of the molecule is NC(=O)CO.NC(=O)N1c2ccccc2C=Cc2ccccc21. The van der Waals surface area contributed by atoms with E-state index in [1.807, 2.05) is 60.7 Å². The molecule has 0 aromatic heterocycles. The molecular weight excluding hydrogens is 294 g/mol. The zero-order valence-electron chi connectivity index (χ0n) is 12.3. The zero-order valence-corrected chi connectivity index (χ0v) is 12.3. The van der Waals surface area contributed by atoms with Crippen molar-refractivity contribution in [2.24, 2.45) is 11.5 Å². The second-order valence-corrected chi connectivity index (χ2v) is 4.75. The molecule has 6 nitrogen and oxygen atoms in total. The van der Waals surface area contributed by atoms with E-state index < -0.39 is 18.5 Å². The molecule has 0 unspecified atom stereocenters. The van der Waals surface area contributed by atoms with Gasteiger partial charge in [-0.25, -0.2) is 4.79 Å². The van der Waals surface area contributed by atoms with E-state index in [1.165, 1.54) is 0 Å². The smallest absolute Gasteiger partial charge is 0.323 e. The summed E-state index contributed by atoms with van der Waals surface area (Å²) in [6.45, 7) is -0.556. The summed E-state index contributed by atoms with van der Waals surface area (Å²) in [5, 5.41) is 7.67. The second-order valence-electron chi connectivity index (χ2n) is 4.75. The van der Waals surface area contributed by atoms with E-state index in [2.05, 4.69) is 5.73 Å². The van der Waals surface area contributed by atoms with Crippen molar-refractivity contribution in [1.29, 1.82) is 0 Å². The first kappa shape index (κ1) is 16.3. The van der Waals surface area contributed by atoms with E-state index in [0.29, 0.717) is 0 Å². The number of primary amides is 2. The fraction of sp³-hybridized carbons (Fsp3) is 0.0588. The first-order chi connectivity index (χ1) is 11.0. The lowest BCUT2D eigenvalue weighted by Crippen LogP contribution is -2.32. The van der Waals surface area contributed by atoms with E-state index in [0.717, 1.165) is 22.5 Å². The number of nitrogens with zero attached hydrogens (tertiary/aromatic N) is 1. The molecular formula is C17H17N3O3. The van der Waals surface area contributed by atoms with Gasteiger partial charge in [0.2, 0.25) is 5.91 Å². The number of aliphatic hydroxyl groups is 1. The normalized spacial score (nSPS) is 11.4. The molecule has 0 spiro atoms. The molecule has 0 aliphatic carbocycles. The van der Waals surface area contributed by atoms with E-state index in [4.69, 9.17) is 10.8 Å². The van der Waals surface area contributed by atoms with Gasteiger partial charge in [0.1, 0.15) is 6.61 Å². The number of hydrogen-bond acceptors (Lipinski definition) is 3. The van der Waals surface area contributed by atoms with Crippen LogP contribution in [0.3, 0.4) is 0 Å². The Labute approximate surface area is 133 Å². The number of carbonyl (C=O) groups is 2. The average molecular weight is 311 g/mol. The van der Waals surface area contributed by atoms with Crippen molar-refractivity contribution in [3.8, 4) is 0 Å². The van der Waals surface area contributed by atoms with Crippen molar-refractivity contribution in [3.63, 3.8) is 0 Å². The molecule has 0 atom stereocenters. The van der Waals surface area contributed by atoms with Gasteiger partial charge in [-0.3, -0.25) is 9.69 Å². The Morgan fingerprint density at radius 1 is 0.870 bits per heavy atom. The van der Waals surface area contributed by atoms with Crippen molar-refractivity contribution in [3.05, 3.63) is 59.7 Å². The number of benzene rings is 2. The number of aliphatic hydroxyl groups excluding tert-OH is 1. The maximum Gasteiger partial charge on any atom is 0.323 e. The number of fused-ring (bicyclic) bond motifs is 2. The minimum atomic E-state index is -0.690. The standard InChI is InChI=1S/C15H12N2O.C2H5NO2/c16-15(18)17-13-7-3-1-5-11(13)9-10-12-6-2-4-8-14(12)17;3-2(5)1-4/h1-10H,(H2,16,18);4H,1H2,(H2,3,5). The third kappa shape index (κ3) is 3.75. The molecule has 2 aromatic carbocycles. The molecule has 1 aliphatic heterocycles. The molecule has 5 N–H and O–H groups in total. The summed E-state index contributed by atoms with van der Waals surface area (Å²) in [6, 6.07) is 14.9. The van der Waals surface area contributed by atoms with Gasteiger partial charge >= 0.3 is 6.03 Å². The summed E-state index contributed by atoms with van der Waals surface area (Å²) in [5.74, 6) is -0.690. The third-order valence-electron chi connectivity index (χ3n) is 3.17. The van der Waals surface area contributed by atoms with Crippen LogP contribution >= 0.6 is 0 Å². The highest BCUT2D eigenvalue weighted by molar-refractivity contribution is 6.04. The van der Waals surface area contributed by atoms with Crippen LogP contribution in [0.1, 0.15) is 11.1 Å². The maximum absolute atomic E-state index is 11.8. The molecule has 0 bridgehead atoms. The van der Waals surface area contributed by atoms with Gasteiger partial charge in [0, 0.05) is 0 Å². The monoisotopic (exact) mass is 311 g/mol. The maximum atomic E-state index is 11.8. The van der Waals surface area contributed by atoms with Crippen LogP contribution in [0.2, 0.25) is 0 Å². The first-order valence-corrected chi connectivity index (χ1v) is 6.89. The Balaban J connectivity index is 0.000000338. The second kappa shape index (κ2) is 7.24. The van der Waals surface area contributed by atoms with E-state index >= 15 is 0 Å². The number of anilines is 2. The summed E-state index contributed by atoms with van der Waals surface area (Å²) in [5.41, 5.74) is 13.5. The topological polar surface area (TPSA) is 110 Å². The van der Waals surface area contributed by atoms with Crippen molar-refractivity contribution in [2.75, 3.05) is 11.5 Å². The molecule has 0 saturated carbocycles.